The first-order valence-electron chi connectivity index (χ1n) is 6.11. The van der Waals surface area contributed by atoms with E-state index in [0.29, 0.717) is 12.1 Å². The van der Waals surface area contributed by atoms with Gasteiger partial charge >= 0.3 is 0 Å². The van der Waals surface area contributed by atoms with Crippen molar-refractivity contribution in [1.29, 1.82) is 0 Å². The Bertz CT molecular complexity index is 467. The Kier molecular flexibility index (Phi) is 5.14. The molecule has 1 N–H and O–H groups in total. The van der Waals surface area contributed by atoms with Gasteiger partial charge in [0.15, 0.2) is 0 Å². The van der Waals surface area contributed by atoms with E-state index in [2.05, 4.69) is 71.0 Å². The lowest BCUT2D eigenvalue weighted by atomic mass is 10.1. The molecule has 2 atom stereocenters. The van der Waals surface area contributed by atoms with Crippen LogP contribution in [0, 0.1) is 3.57 Å². The van der Waals surface area contributed by atoms with Crippen molar-refractivity contribution >= 4 is 33.9 Å². The Morgan fingerprint density at radius 2 is 2.06 bits per heavy atom. The Balaban J connectivity index is 2.05. The van der Waals surface area contributed by atoms with Gasteiger partial charge in [-0.25, -0.2) is 4.98 Å². The van der Waals surface area contributed by atoms with Crippen molar-refractivity contribution in [3.8, 4) is 0 Å². The molecule has 0 radical (unpaired) electrons. The average Bonchev–Trinajstić information content (AvgIpc) is 2.90. The van der Waals surface area contributed by atoms with Crippen LogP contribution >= 0.6 is 33.9 Å². The minimum Gasteiger partial charge on any atom is -0.301 e. The summed E-state index contributed by atoms with van der Waals surface area (Å²) in [6.07, 6.45) is 2.93. The summed E-state index contributed by atoms with van der Waals surface area (Å²) in [7, 11) is 0. The van der Waals surface area contributed by atoms with Crippen LogP contribution < -0.4 is 5.32 Å². The van der Waals surface area contributed by atoms with E-state index in [-0.39, 0.29) is 0 Å². The topological polar surface area (TPSA) is 24.9 Å². The molecule has 0 fully saturated rings. The molecule has 1 aromatic carbocycles. The summed E-state index contributed by atoms with van der Waals surface area (Å²) in [4.78, 5) is 4.40. The fraction of sp³-hybridized carbons (Fsp3) is 0.357. The second-order valence-electron chi connectivity index (χ2n) is 4.27. The third-order valence-corrected chi connectivity index (χ3v) is 4.59. The van der Waals surface area contributed by atoms with Gasteiger partial charge in [-0.1, -0.05) is 19.1 Å². The predicted octanol–water partition coefficient (Wildman–Crippen LogP) is 4.55. The van der Waals surface area contributed by atoms with Gasteiger partial charge in [-0.05, 0) is 53.6 Å². The number of nitrogens with one attached hydrogen (secondary N) is 1. The molecule has 0 aliphatic heterocycles. The predicted molar refractivity (Wildman–Crippen MR) is 85.9 cm³/mol. The lowest BCUT2D eigenvalue weighted by Crippen LogP contribution is -2.24. The third kappa shape index (κ3) is 3.52. The summed E-state index contributed by atoms with van der Waals surface area (Å²) >= 11 is 4.05. The maximum atomic E-state index is 4.40. The van der Waals surface area contributed by atoms with Crippen LogP contribution in [0.5, 0.6) is 0 Å². The molecule has 1 heterocycles. The summed E-state index contributed by atoms with van der Waals surface area (Å²) in [6.45, 7) is 4.40. The summed E-state index contributed by atoms with van der Waals surface area (Å²) in [5.74, 6) is 0. The molecule has 96 valence electrons. The van der Waals surface area contributed by atoms with E-state index in [4.69, 9.17) is 0 Å². The number of hydrogen-bond donors (Lipinski definition) is 1. The van der Waals surface area contributed by atoms with Crippen molar-refractivity contribution in [2.24, 2.45) is 0 Å². The highest BCUT2D eigenvalue weighted by atomic mass is 127. The zero-order valence-corrected chi connectivity index (χ0v) is 13.5. The van der Waals surface area contributed by atoms with E-state index < -0.39 is 0 Å². The zero-order chi connectivity index (χ0) is 13.0. The molecule has 0 saturated heterocycles. The van der Waals surface area contributed by atoms with Crippen molar-refractivity contribution in [3.05, 3.63) is 50.0 Å². The number of nitrogens with zero attached hydrogens (tertiary/aromatic N) is 1. The maximum absolute atomic E-state index is 4.40. The monoisotopic (exact) mass is 372 g/mol. The fourth-order valence-corrected chi connectivity index (χ4v) is 3.06. The van der Waals surface area contributed by atoms with Crippen LogP contribution in [0.25, 0.3) is 0 Å². The van der Waals surface area contributed by atoms with E-state index >= 15 is 0 Å². The van der Waals surface area contributed by atoms with Crippen LogP contribution in [0.3, 0.4) is 0 Å². The van der Waals surface area contributed by atoms with Gasteiger partial charge in [-0.15, -0.1) is 11.3 Å². The zero-order valence-electron chi connectivity index (χ0n) is 10.6. The average molecular weight is 372 g/mol. The van der Waals surface area contributed by atoms with Gasteiger partial charge in [0.2, 0.25) is 0 Å². The quantitative estimate of drug-likeness (QED) is 0.779. The van der Waals surface area contributed by atoms with Gasteiger partial charge in [-0.3, -0.25) is 0 Å². The van der Waals surface area contributed by atoms with Crippen molar-refractivity contribution < 1.29 is 0 Å². The number of thiazole rings is 1. The van der Waals surface area contributed by atoms with Crippen molar-refractivity contribution in [2.45, 2.75) is 32.4 Å². The highest BCUT2D eigenvalue weighted by Gasteiger charge is 2.15. The van der Waals surface area contributed by atoms with Gasteiger partial charge in [0.05, 0.1) is 6.04 Å². The van der Waals surface area contributed by atoms with E-state index in [1.165, 1.54) is 14.1 Å². The van der Waals surface area contributed by atoms with Crippen LogP contribution in [-0.4, -0.2) is 4.98 Å². The first-order chi connectivity index (χ1) is 8.70. The lowest BCUT2D eigenvalue weighted by molar-refractivity contribution is 0.455. The smallest absolute Gasteiger partial charge is 0.109 e. The van der Waals surface area contributed by atoms with E-state index in [1.807, 2.05) is 11.6 Å². The molecule has 2 aromatic rings. The van der Waals surface area contributed by atoms with Gasteiger partial charge in [0, 0.05) is 21.2 Å². The highest BCUT2D eigenvalue weighted by Crippen LogP contribution is 2.23. The van der Waals surface area contributed by atoms with Crippen LogP contribution in [-0.2, 0) is 0 Å². The first kappa shape index (κ1) is 14.0. The molecule has 0 amide bonds. The summed E-state index contributed by atoms with van der Waals surface area (Å²) < 4.78 is 1.27. The van der Waals surface area contributed by atoms with Gasteiger partial charge in [0.1, 0.15) is 5.01 Å². The van der Waals surface area contributed by atoms with Crippen LogP contribution in [0.15, 0.2) is 35.8 Å². The minimum absolute atomic E-state index is 0.343. The van der Waals surface area contributed by atoms with E-state index in [9.17, 15) is 0 Å². The minimum atomic E-state index is 0.343. The maximum Gasteiger partial charge on any atom is 0.109 e. The third-order valence-electron chi connectivity index (χ3n) is 2.98. The van der Waals surface area contributed by atoms with Gasteiger partial charge < -0.3 is 5.32 Å². The molecular weight excluding hydrogens is 355 g/mol. The van der Waals surface area contributed by atoms with Gasteiger partial charge in [0.25, 0.3) is 0 Å². The molecule has 0 saturated carbocycles. The Hall–Kier alpha value is -0.460. The molecule has 1 aromatic heterocycles. The molecule has 0 aliphatic rings. The van der Waals surface area contributed by atoms with Crippen molar-refractivity contribution in [1.82, 2.24) is 10.3 Å². The van der Waals surface area contributed by atoms with Crippen LogP contribution in [0.4, 0.5) is 0 Å². The number of hydrogen-bond acceptors (Lipinski definition) is 3. The summed E-state index contributed by atoms with van der Waals surface area (Å²) in [6, 6.07) is 9.37. The SMILES string of the molecule is CCC(NC(C)c1ccc(I)cc1)c1nccs1. The van der Waals surface area contributed by atoms with E-state index in [0.717, 1.165) is 6.42 Å². The van der Waals surface area contributed by atoms with Crippen molar-refractivity contribution in [3.63, 3.8) is 0 Å². The van der Waals surface area contributed by atoms with Crippen LogP contribution in [0.2, 0.25) is 0 Å². The molecular formula is C14H17IN2S. The fourth-order valence-electron chi connectivity index (χ4n) is 1.92. The summed E-state index contributed by atoms with van der Waals surface area (Å²) in [5.41, 5.74) is 1.32. The normalized spacial score (nSPS) is 14.4. The number of aromatic nitrogens is 1. The highest BCUT2D eigenvalue weighted by molar-refractivity contribution is 14.1. The van der Waals surface area contributed by atoms with Crippen molar-refractivity contribution in [2.75, 3.05) is 0 Å². The van der Waals surface area contributed by atoms with E-state index in [1.54, 1.807) is 11.3 Å². The molecule has 2 unspecified atom stereocenters. The lowest BCUT2D eigenvalue weighted by Gasteiger charge is -2.21. The molecule has 0 spiro atoms. The largest absolute Gasteiger partial charge is 0.301 e. The molecule has 0 aliphatic carbocycles. The molecule has 0 bridgehead atoms. The molecule has 2 nitrogen and oxygen atoms in total. The number of halogens is 1. The number of rotatable bonds is 5. The molecule has 4 heteroatoms. The van der Waals surface area contributed by atoms with Gasteiger partial charge in [-0.2, -0.15) is 0 Å². The molecule has 18 heavy (non-hydrogen) atoms. The second kappa shape index (κ2) is 6.63. The Labute approximate surface area is 126 Å². The Morgan fingerprint density at radius 3 is 2.61 bits per heavy atom. The summed E-state index contributed by atoms with van der Waals surface area (Å²) in [5, 5.41) is 6.86. The molecule has 2 rings (SSSR count). The van der Waals surface area contributed by atoms with Crippen LogP contribution in [0.1, 0.15) is 42.9 Å². The number of benzene rings is 1. The first-order valence-corrected chi connectivity index (χ1v) is 8.07. The second-order valence-corrected chi connectivity index (χ2v) is 6.44. The standard InChI is InChI=1S/C14H17IN2S/c1-3-13(14-16-8-9-18-14)17-10(2)11-4-6-12(15)7-5-11/h4-10,13,17H,3H2,1-2H3. The Morgan fingerprint density at radius 1 is 1.33 bits per heavy atom.